The third-order valence-electron chi connectivity index (χ3n) is 9.05. The molecule has 0 radical (unpaired) electrons. The van der Waals surface area contributed by atoms with Gasteiger partial charge in [-0.3, -0.25) is 38.9 Å². The maximum atomic E-state index is 13.6. The van der Waals surface area contributed by atoms with Crippen molar-refractivity contribution >= 4 is 69.7 Å². The van der Waals surface area contributed by atoms with E-state index in [9.17, 15) is 48.8 Å². The molecule has 324 valence electrons. The number of non-ortho nitro benzene ring substituents is 1. The SMILES string of the molecule is COC(C(C)=O)C(NC(=O)c1ccc(NC(=O)c2ccc([N+](=O)[O-])cc2)cc1)C(=O)Nc1ccc(C(=O)Nc2ccc(C(=O)Nc3ccc(C(=O)O)cc3)c(O)c2OC(C)C)cc1. The molecule has 5 aromatic rings. The van der Waals surface area contributed by atoms with Gasteiger partial charge in [0.15, 0.2) is 17.3 Å². The van der Waals surface area contributed by atoms with Crippen LogP contribution < -0.4 is 31.3 Å². The molecule has 19 nitrogen and oxygen atoms in total. The van der Waals surface area contributed by atoms with Crippen molar-refractivity contribution in [3.8, 4) is 11.5 Å². The van der Waals surface area contributed by atoms with E-state index in [-0.39, 0.29) is 56.3 Å². The van der Waals surface area contributed by atoms with Crippen LogP contribution in [0.4, 0.5) is 28.4 Å². The lowest BCUT2D eigenvalue weighted by molar-refractivity contribution is -0.384. The Morgan fingerprint density at radius 3 is 1.56 bits per heavy atom. The van der Waals surface area contributed by atoms with Gasteiger partial charge < -0.3 is 46.3 Å². The summed E-state index contributed by atoms with van der Waals surface area (Å²) in [6.45, 7) is 4.52. The zero-order valence-electron chi connectivity index (χ0n) is 34.0. The number of carbonyl (C=O) groups is 7. The molecule has 7 N–H and O–H groups in total. The molecule has 2 unspecified atom stereocenters. The monoisotopic (exact) mass is 860 g/mol. The van der Waals surface area contributed by atoms with Crippen LogP contribution in [-0.2, 0) is 14.3 Å². The van der Waals surface area contributed by atoms with Gasteiger partial charge in [0.05, 0.1) is 27.8 Å². The molecular formula is C44H40N6O13. The summed E-state index contributed by atoms with van der Waals surface area (Å²) in [5.41, 5.74) is 0.737. The van der Waals surface area contributed by atoms with Gasteiger partial charge >= 0.3 is 5.97 Å². The molecule has 0 aliphatic carbocycles. The zero-order valence-corrected chi connectivity index (χ0v) is 34.0. The highest BCUT2D eigenvalue weighted by Crippen LogP contribution is 2.39. The molecular weight excluding hydrogens is 821 g/mol. The van der Waals surface area contributed by atoms with Gasteiger partial charge in [-0.15, -0.1) is 0 Å². The van der Waals surface area contributed by atoms with Crippen LogP contribution in [0.25, 0.3) is 0 Å². The first kappa shape index (κ1) is 45.6. The number of rotatable bonds is 17. The summed E-state index contributed by atoms with van der Waals surface area (Å²) in [5.74, 6) is -6.00. The average molecular weight is 861 g/mol. The van der Waals surface area contributed by atoms with Crippen LogP contribution in [0.3, 0.4) is 0 Å². The Bertz CT molecular complexity index is 2560. The number of nitrogens with zero attached hydrogens (tertiary/aromatic N) is 1. The molecule has 0 aliphatic rings. The molecule has 5 rings (SSSR count). The van der Waals surface area contributed by atoms with Crippen molar-refractivity contribution in [2.45, 2.75) is 39.0 Å². The van der Waals surface area contributed by atoms with Gasteiger partial charge in [0.1, 0.15) is 12.1 Å². The van der Waals surface area contributed by atoms with Gasteiger partial charge in [0.2, 0.25) is 5.91 Å². The quantitative estimate of drug-likeness (QED) is 0.0425. The first-order valence-electron chi connectivity index (χ1n) is 18.8. The molecule has 0 saturated carbocycles. The Kier molecular flexibility index (Phi) is 14.6. The lowest BCUT2D eigenvalue weighted by atomic mass is 10.0. The summed E-state index contributed by atoms with van der Waals surface area (Å²) in [5, 5.41) is 44.1. The number of carboxylic acids is 1. The molecule has 63 heavy (non-hydrogen) atoms. The zero-order chi connectivity index (χ0) is 46.0. The second-order valence-electron chi connectivity index (χ2n) is 13.9. The van der Waals surface area contributed by atoms with E-state index in [2.05, 4.69) is 26.6 Å². The van der Waals surface area contributed by atoms with Crippen molar-refractivity contribution in [3.63, 3.8) is 0 Å². The highest BCUT2D eigenvalue weighted by molar-refractivity contribution is 6.10. The summed E-state index contributed by atoms with van der Waals surface area (Å²) in [6, 6.07) is 22.6. The highest BCUT2D eigenvalue weighted by atomic mass is 16.6. The lowest BCUT2D eigenvalue weighted by Gasteiger charge is -2.24. The molecule has 0 heterocycles. The standard InChI is InChI=1S/C44H40N6O13/c1-23(2)63-38-34(22-21-33(36(38)52)42(56)46-30-17-9-28(10-18-30)44(58)59)48-40(54)25-5-15-31(16-6-25)47-43(57)35(37(62-4)24(3)51)49-41(55)26-7-13-29(14-8-26)45-39(53)27-11-19-32(20-12-27)50(60)61/h5-23,35,37,52H,1-4H3,(H,45,53)(H,46,56)(H,47,57)(H,48,54)(H,49,55)(H,58,59). The van der Waals surface area contributed by atoms with E-state index in [0.717, 1.165) is 0 Å². The lowest BCUT2D eigenvalue weighted by Crippen LogP contribution is -2.54. The number of carboxylic acid groups (broad SMARTS) is 1. The fraction of sp³-hybridized carbons (Fsp3) is 0.159. The number of methoxy groups -OCH3 is 1. The summed E-state index contributed by atoms with van der Waals surface area (Å²) in [6.07, 6.45) is -1.90. The van der Waals surface area contributed by atoms with Crippen molar-refractivity contribution in [2.75, 3.05) is 28.4 Å². The van der Waals surface area contributed by atoms with Crippen LogP contribution in [0, 0.1) is 10.1 Å². The molecule has 5 aromatic carbocycles. The number of Topliss-reactive ketones (excluding diaryl/α,β-unsaturated/α-hetero) is 1. The van der Waals surface area contributed by atoms with Crippen molar-refractivity contribution in [3.05, 3.63) is 147 Å². The minimum Gasteiger partial charge on any atom is -0.504 e. The number of ketones is 1. The van der Waals surface area contributed by atoms with E-state index in [4.69, 9.17) is 14.6 Å². The van der Waals surface area contributed by atoms with E-state index in [1.54, 1.807) is 13.8 Å². The van der Waals surface area contributed by atoms with Crippen LogP contribution in [0.5, 0.6) is 11.5 Å². The number of aromatic hydroxyl groups is 1. The number of benzene rings is 5. The van der Waals surface area contributed by atoms with Gasteiger partial charge in [0.25, 0.3) is 29.3 Å². The number of nitro groups is 1. The summed E-state index contributed by atoms with van der Waals surface area (Å²) < 4.78 is 11.0. The number of aromatic carboxylic acids is 1. The van der Waals surface area contributed by atoms with E-state index >= 15 is 0 Å². The highest BCUT2D eigenvalue weighted by Gasteiger charge is 2.34. The number of hydrogen-bond acceptors (Lipinski definition) is 12. The molecule has 0 bridgehead atoms. The largest absolute Gasteiger partial charge is 0.504 e. The second kappa shape index (κ2) is 20.2. The predicted octanol–water partition coefficient (Wildman–Crippen LogP) is 5.88. The summed E-state index contributed by atoms with van der Waals surface area (Å²) in [4.78, 5) is 99.9. The number of phenolic OH excluding ortho intramolecular Hbond substituents is 1. The first-order chi connectivity index (χ1) is 29.9. The fourth-order valence-corrected chi connectivity index (χ4v) is 5.90. The number of anilines is 4. The fourth-order valence-electron chi connectivity index (χ4n) is 5.90. The molecule has 5 amide bonds. The Hall–Kier alpha value is -8.45. The molecule has 0 fully saturated rings. The second-order valence-corrected chi connectivity index (χ2v) is 13.9. The van der Waals surface area contributed by atoms with Gasteiger partial charge in [-0.2, -0.15) is 0 Å². The third-order valence-corrected chi connectivity index (χ3v) is 9.05. The van der Waals surface area contributed by atoms with Crippen LogP contribution in [0.2, 0.25) is 0 Å². The first-order valence-corrected chi connectivity index (χ1v) is 18.8. The molecule has 0 aromatic heterocycles. The minimum absolute atomic E-state index is 0.0142. The van der Waals surface area contributed by atoms with E-state index in [1.165, 1.54) is 123 Å². The number of hydrogen-bond donors (Lipinski definition) is 7. The van der Waals surface area contributed by atoms with E-state index < -0.39 is 70.2 Å². The molecule has 0 saturated heterocycles. The predicted molar refractivity (Wildman–Crippen MR) is 228 cm³/mol. The molecule has 0 spiro atoms. The number of amides is 5. The number of carbonyl (C=O) groups excluding carboxylic acids is 6. The minimum atomic E-state index is -1.53. The van der Waals surface area contributed by atoms with Crippen LogP contribution in [0.1, 0.15) is 72.6 Å². The normalized spacial score (nSPS) is 11.6. The Labute approximate surface area is 358 Å². The van der Waals surface area contributed by atoms with E-state index in [0.29, 0.717) is 5.69 Å². The average Bonchev–Trinajstić information content (AvgIpc) is 3.25. The number of nitrogens with one attached hydrogen (secondary N) is 5. The summed E-state index contributed by atoms with van der Waals surface area (Å²) >= 11 is 0. The maximum absolute atomic E-state index is 13.6. The van der Waals surface area contributed by atoms with Crippen molar-refractivity contribution in [1.82, 2.24) is 5.32 Å². The molecule has 2 atom stereocenters. The van der Waals surface area contributed by atoms with Crippen LogP contribution in [-0.4, -0.2) is 81.8 Å². The van der Waals surface area contributed by atoms with Crippen molar-refractivity contribution < 1.29 is 58.2 Å². The van der Waals surface area contributed by atoms with Gasteiger partial charge in [-0.25, -0.2) is 4.79 Å². The molecule has 19 heteroatoms. The summed E-state index contributed by atoms with van der Waals surface area (Å²) in [7, 11) is 1.19. The smallest absolute Gasteiger partial charge is 0.335 e. The van der Waals surface area contributed by atoms with Gasteiger partial charge in [-0.1, -0.05) is 0 Å². The third kappa shape index (κ3) is 11.6. The number of nitro benzene ring substituents is 1. The van der Waals surface area contributed by atoms with Gasteiger partial charge in [-0.05, 0) is 118 Å². The van der Waals surface area contributed by atoms with Crippen molar-refractivity contribution in [1.29, 1.82) is 0 Å². The Morgan fingerprint density at radius 1 is 0.619 bits per heavy atom. The van der Waals surface area contributed by atoms with Crippen LogP contribution in [0.15, 0.2) is 109 Å². The van der Waals surface area contributed by atoms with Crippen LogP contribution >= 0.6 is 0 Å². The maximum Gasteiger partial charge on any atom is 0.335 e. The molecule has 0 aliphatic heterocycles. The van der Waals surface area contributed by atoms with E-state index in [1.807, 2.05) is 0 Å². The van der Waals surface area contributed by atoms with Gasteiger partial charge in [0, 0.05) is 53.0 Å². The topological polar surface area (TPSA) is 282 Å². The number of ether oxygens (including phenoxy) is 2. The number of phenols is 1. The Balaban J connectivity index is 1.25. The Morgan fingerprint density at radius 2 is 1.08 bits per heavy atom. The van der Waals surface area contributed by atoms with Crippen molar-refractivity contribution in [2.24, 2.45) is 0 Å².